The average Bonchev–Trinajstić information content (AvgIpc) is 2.76. The fraction of sp³-hybridized carbons (Fsp3) is 0.810. The maximum absolute atomic E-state index is 12.7. The zero-order valence-corrected chi connectivity index (χ0v) is 19.2. The van der Waals surface area contributed by atoms with Crippen LogP contribution in [0.1, 0.15) is 58.3 Å². The first-order valence-electron chi connectivity index (χ1n) is 11.4. The summed E-state index contributed by atoms with van der Waals surface area (Å²) in [6.45, 7) is 2.60. The van der Waals surface area contributed by atoms with Gasteiger partial charge in [0.1, 0.15) is 6.04 Å². The van der Waals surface area contributed by atoms with Crippen LogP contribution in [0.5, 0.6) is 0 Å². The topological polar surface area (TPSA) is 160 Å². The van der Waals surface area contributed by atoms with Crippen LogP contribution in [-0.4, -0.2) is 84.4 Å². The molecule has 0 aliphatic heterocycles. The van der Waals surface area contributed by atoms with E-state index in [0.29, 0.717) is 32.0 Å². The van der Waals surface area contributed by atoms with E-state index in [4.69, 9.17) is 5.11 Å². The van der Waals surface area contributed by atoms with E-state index in [1.54, 1.807) is 7.05 Å². The van der Waals surface area contributed by atoms with Crippen molar-refractivity contribution in [3.63, 3.8) is 0 Å². The smallest absolute Gasteiger partial charge is 0.405 e. The Labute approximate surface area is 189 Å². The van der Waals surface area contributed by atoms with Gasteiger partial charge < -0.3 is 36.4 Å². The molecule has 184 valence electrons. The Morgan fingerprint density at radius 2 is 1.75 bits per heavy atom. The standard InChI is InChI=1S/C21H39N5O6/c1-3-22-20(30)23-11-12-26(2)18(28)10-9-16(14-27)24-19(29)17(25-21(31)32)13-15-7-5-4-6-8-15/h15-17,25,27H,3-14H2,1-2H3,(H,24,29)(H,31,32)(H2,22,23,30). The highest BCUT2D eigenvalue weighted by Crippen LogP contribution is 2.27. The Balaban J connectivity index is 2.47. The summed E-state index contributed by atoms with van der Waals surface area (Å²) in [7, 11) is 1.62. The molecule has 1 aliphatic carbocycles. The molecule has 1 saturated carbocycles. The lowest BCUT2D eigenvalue weighted by atomic mass is 9.84. The van der Waals surface area contributed by atoms with Crippen molar-refractivity contribution in [1.82, 2.24) is 26.2 Å². The minimum absolute atomic E-state index is 0.100. The van der Waals surface area contributed by atoms with Gasteiger partial charge in [-0.05, 0) is 25.7 Å². The molecule has 0 heterocycles. The zero-order chi connectivity index (χ0) is 23.9. The molecule has 0 aromatic carbocycles. The number of urea groups is 1. The summed E-state index contributed by atoms with van der Waals surface area (Å²) in [5.41, 5.74) is 0. The first-order valence-corrected chi connectivity index (χ1v) is 11.4. The maximum atomic E-state index is 12.7. The van der Waals surface area contributed by atoms with Gasteiger partial charge in [0.25, 0.3) is 0 Å². The fourth-order valence-corrected chi connectivity index (χ4v) is 3.82. The highest BCUT2D eigenvalue weighted by Gasteiger charge is 2.27. The van der Waals surface area contributed by atoms with Gasteiger partial charge in [0.2, 0.25) is 11.8 Å². The van der Waals surface area contributed by atoms with Crippen LogP contribution in [0.25, 0.3) is 0 Å². The second kappa shape index (κ2) is 15.3. The van der Waals surface area contributed by atoms with Gasteiger partial charge in [-0.3, -0.25) is 9.59 Å². The zero-order valence-electron chi connectivity index (χ0n) is 19.2. The van der Waals surface area contributed by atoms with Crippen LogP contribution in [0.3, 0.4) is 0 Å². The first kappa shape index (κ1) is 27.5. The number of nitrogens with zero attached hydrogens (tertiary/aromatic N) is 1. The van der Waals surface area contributed by atoms with Crippen molar-refractivity contribution >= 4 is 23.9 Å². The van der Waals surface area contributed by atoms with Gasteiger partial charge in [0.15, 0.2) is 0 Å². The number of hydrogen-bond acceptors (Lipinski definition) is 5. The van der Waals surface area contributed by atoms with E-state index >= 15 is 0 Å². The Bertz CT molecular complexity index is 611. The molecule has 5 amide bonds. The quantitative estimate of drug-likeness (QED) is 0.238. The lowest BCUT2D eigenvalue weighted by Crippen LogP contribution is -2.51. The van der Waals surface area contributed by atoms with Gasteiger partial charge in [-0.15, -0.1) is 0 Å². The van der Waals surface area contributed by atoms with Crippen molar-refractivity contribution < 1.29 is 29.4 Å². The van der Waals surface area contributed by atoms with E-state index in [9.17, 15) is 24.3 Å². The number of aliphatic hydroxyl groups excluding tert-OH is 1. The third kappa shape index (κ3) is 11.2. The summed E-state index contributed by atoms with van der Waals surface area (Å²) in [6.07, 6.45) is 4.77. The summed E-state index contributed by atoms with van der Waals surface area (Å²) in [5.74, 6) is -0.371. The molecule has 0 bridgehead atoms. The molecule has 1 aliphatic rings. The number of carboxylic acid groups (broad SMARTS) is 1. The molecule has 1 rings (SSSR count). The summed E-state index contributed by atoms with van der Waals surface area (Å²) in [6, 6.07) is -1.84. The van der Waals surface area contributed by atoms with Gasteiger partial charge >= 0.3 is 12.1 Å². The Morgan fingerprint density at radius 3 is 2.34 bits per heavy atom. The molecule has 0 spiro atoms. The molecule has 32 heavy (non-hydrogen) atoms. The molecule has 1 fully saturated rings. The molecule has 2 unspecified atom stereocenters. The minimum atomic E-state index is -1.26. The largest absolute Gasteiger partial charge is 0.465 e. The number of nitrogens with one attached hydrogen (secondary N) is 4. The number of amides is 5. The van der Waals surface area contributed by atoms with Gasteiger partial charge in [-0.1, -0.05) is 32.1 Å². The Hall–Kier alpha value is -2.56. The molecule has 0 aromatic heterocycles. The molecule has 0 saturated heterocycles. The molecule has 0 aromatic rings. The minimum Gasteiger partial charge on any atom is -0.465 e. The predicted octanol–water partition coefficient (Wildman–Crippen LogP) is 0.628. The second-order valence-electron chi connectivity index (χ2n) is 8.27. The number of rotatable bonds is 13. The van der Waals surface area contributed by atoms with Crippen LogP contribution >= 0.6 is 0 Å². The van der Waals surface area contributed by atoms with Crippen molar-refractivity contribution in [1.29, 1.82) is 0 Å². The summed E-state index contributed by atoms with van der Waals surface area (Å²) in [4.78, 5) is 49.0. The SMILES string of the molecule is CCNC(=O)NCCN(C)C(=O)CCC(CO)NC(=O)C(CC1CCCCC1)NC(=O)O. The van der Waals surface area contributed by atoms with Gasteiger partial charge in [-0.2, -0.15) is 0 Å². The summed E-state index contributed by atoms with van der Waals surface area (Å²) in [5, 5.41) is 28.9. The molecule has 2 atom stereocenters. The van der Waals surface area contributed by atoms with E-state index in [1.165, 1.54) is 4.90 Å². The highest BCUT2D eigenvalue weighted by molar-refractivity contribution is 5.85. The highest BCUT2D eigenvalue weighted by atomic mass is 16.4. The number of aliphatic hydroxyl groups is 1. The molecule has 0 radical (unpaired) electrons. The third-order valence-corrected chi connectivity index (χ3v) is 5.68. The number of carbonyl (C=O) groups excluding carboxylic acids is 3. The maximum Gasteiger partial charge on any atom is 0.405 e. The van der Waals surface area contributed by atoms with Crippen molar-refractivity contribution in [3.05, 3.63) is 0 Å². The Kier molecular flexibility index (Phi) is 13.1. The molecule has 11 heteroatoms. The van der Waals surface area contributed by atoms with Crippen molar-refractivity contribution in [2.45, 2.75) is 70.4 Å². The van der Waals surface area contributed by atoms with Gasteiger partial charge in [-0.25, -0.2) is 9.59 Å². The van der Waals surface area contributed by atoms with E-state index < -0.39 is 24.1 Å². The van der Waals surface area contributed by atoms with Crippen molar-refractivity contribution in [3.8, 4) is 0 Å². The van der Waals surface area contributed by atoms with Crippen LogP contribution in [0.2, 0.25) is 0 Å². The molecular formula is C21H39N5O6. The summed E-state index contributed by atoms with van der Waals surface area (Å²) < 4.78 is 0. The predicted molar refractivity (Wildman–Crippen MR) is 119 cm³/mol. The van der Waals surface area contributed by atoms with E-state index in [-0.39, 0.29) is 31.4 Å². The fourth-order valence-electron chi connectivity index (χ4n) is 3.82. The van der Waals surface area contributed by atoms with Crippen LogP contribution < -0.4 is 21.3 Å². The van der Waals surface area contributed by atoms with E-state index in [1.807, 2.05) is 6.92 Å². The van der Waals surface area contributed by atoms with Crippen LogP contribution in [0, 0.1) is 5.92 Å². The number of hydrogen-bond donors (Lipinski definition) is 6. The molecule has 11 nitrogen and oxygen atoms in total. The van der Waals surface area contributed by atoms with E-state index in [2.05, 4.69) is 21.3 Å². The summed E-state index contributed by atoms with van der Waals surface area (Å²) >= 11 is 0. The van der Waals surface area contributed by atoms with Crippen LogP contribution in [0.15, 0.2) is 0 Å². The van der Waals surface area contributed by atoms with Crippen LogP contribution in [0.4, 0.5) is 9.59 Å². The monoisotopic (exact) mass is 457 g/mol. The van der Waals surface area contributed by atoms with Crippen molar-refractivity contribution in [2.24, 2.45) is 5.92 Å². The van der Waals surface area contributed by atoms with Crippen LogP contribution in [-0.2, 0) is 9.59 Å². The van der Waals surface area contributed by atoms with Crippen molar-refractivity contribution in [2.75, 3.05) is 33.3 Å². The Morgan fingerprint density at radius 1 is 1.06 bits per heavy atom. The second-order valence-corrected chi connectivity index (χ2v) is 8.27. The van der Waals surface area contributed by atoms with Gasteiger partial charge in [0.05, 0.1) is 12.6 Å². The molecular weight excluding hydrogens is 418 g/mol. The molecule has 6 N–H and O–H groups in total. The van der Waals surface area contributed by atoms with Gasteiger partial charge in [0, 0.05) is 33.1 Å². The number of carbonyl (C=O) groups is 4. The number of likely N-dealkylation sites (N-methyl/N-ethyl adjacent to an activating group) is 1. The normalized spacial score (nSPS) is 15.8. The van der Waals surface area contributed by atoms with E-state index in [0.717, 1.165) is 32.1 Å². The average molecular weight is 458 g/mol. The lowest BCUT2D eigenvalue weighted by molar-refractivity contribution is -0.130. The lowest BCUT2D eigenvalue weighted by Gasteiger charge is -2.27. The first-order chi connectivity index (χ1) is 15.3. The third-order valence-electron chi connectivity index (χ3n) is 5.68.